The van der Waals surface area contributed by atoms with E-state index in [2.05, 4.69) is 45.7 Å². The van der Waals surface area contributed by atoms with E-state index in [4.69, 9.17) is 9.31 Å². The topological polar surface area (TPSA) is 31.4 Å². The van der Waals surface area contributed by atoms with Crippen LogP contribution in [-0.4, -0.2) is 23.3 Å². The summed E-state index contributed by atoms with van der Waals surface area (Å²) >= 11 is 0. The number of nitrogens with zero attached hydrogens (tertiary/aromatic N) is 1. The zero-order valence-corrected chi connectivity index (χ0v) is 11.9. The van der Waals surface area contributed by atoms with Crippen molar-refractivity contribution in [2.45, 2.75) is 58.1 Å². The number of pyridine rings is 1. The second-order valence-corrected chi connectivity index (χ2v) is 6.08. The fourth-order valence-electron chi connectivity index (χ4n) is 2.14. The molecule has 2 heterocycles. The first-order valence-corrected chi connectivity index (χ1v) is 6.58. The molecule has 0 N–H and O–H groups in total. The summed E-state index contributed by atoms with van der Waals surface area (Å²) in [4.78, 5) is 4.38. The maximum Gasteiger partial charge on any atom is 0.458 e. The van der Waals surface area contributed by atoms with Gasteiger partial charge in [0.15, 0.2) is 0 Å². The van der Waals surface area contributed by atoms with Crippen molar-refractivity contribution in [1.82, 2.24) is 4.98 Å². The van der Waals surface area contributed by atoms with Crippen LogP contribution in [0, 0.1) is 0 Å². The van der Waals surface area contributed by atoms with Crippen molar-refractivity contribution in [3.8, 4) is 0 Å². The Labute approximate surface area is 110 Å². The molecule has 1 saturated heterocycles. The monoisotopic (exact) mass is 247 g/mol. The van der Waals surface area contributed by atoms with Gasteiger partial charge in [0.1, 0.15) is 0 Å². The quantitative estimate of drug-likeness (QED) is 0.768. The molecule has 18 heavy (non-hydrogen) atoms. The zero-order chi connectivity index (χ0) is 13.4. The van der Waals surface area contributed by atoms with E-state index in [-0.39, 0.29) is 18.3 Å². The lowest BCUT2D eigenvalue weighted by atomic mass is 9.77. The third-order valence-corrected chi connectivity index (χ3v) is 4.04. The maximum atomic E-state index is 6.01. The van der Waals surface area contributed by atoms with Crippen LogP contribution in [0.5, 0.6) is 0 Å². The molecule has 1 aliphatic rings. The van der Waals surface area contributed by atoms with Gasteiger partial charge in [0.25, 0.3) is 0 Å². The predicted molar refractivity (Wildman–Crippen MR) is 73.5 cm³/mol. The fourth-order valence-corrected chi connectivity index (χ4v) is 2.14. The number of hydrogen-bond acceptors (Lipinski definition) is 3. The van der Waals surface area contributed by atoms with E-state index >= 15 is 0 Å². The normalized spacial score (nSPS) is 23.1. The summed E-state index contributed by atoms with van der Waals surface area (Å²) < 4.78 is 12.0. The van der Waals surface area contributed by atoms with Crippen molar-refractivity contribution in [2.75, 3.05) is 0 Å². The van der Waals surface area contributed by atoms with Crippen LogP contribution in [0.25, 0.3) is 0 Å². The summed E-state index contributed by atoms with van der Waals surface area (Å²) in [5.74, 6) is 0.334. The van der Waals surface area contributed by atoms with E-state index in [1.807, 2.05) is 18.3 Å². The Hall–Kier alpha value is -0.865. The van der Waals surface area contributed by atoms with Gasteiger partial charge in [-0.15, -0.1) is 0 Å². The molecule has 1 aromatic heterocycles. The van der Waals surface area contributed by atoms with Gasteiger partial charge in [0.05, 0.1) is 11.2 Å². The highest BCUT2D eigenvalue weighted by Gasteiger charge is 2.51. The highest BCUT2D eigenvalue weighted by Crippen LogP contribution is 2.39. The zero-order valence-electron chi connectivity index (χ0n) is 11.9. The summed E-state index contributed by atoms with van der Waals surface area (Å²) in [7, 11) is -0.146. The van der Waals surface area contributed by atoms with E-state index in [0.717, 1.165) is 12.0 Å². The van der Waals surface area contributed by atoms with E-state index in [1.54, 1.807) is 0 Å². The first-order valence-electron chi connectivity index (χ1n) is 6.58. The molecule has 1 atom stereocenters. The lowest BCUT2D eigenvalue weighted by Gasteiger charge is -2.32. The molecule has 3 nitrogen and oxygen atoms in total. The molecular formula is C14H22BNO2. The molecule has 0 bridgehead atoms. The van der Waals surface area contributed by atoms with Crippen LogP contribution in [0.1, 0.15) is 46.2 Å². The minimum absolute atomic E-state index is 0.146. The first kappa shape index (κ1) is 13.6. The molecule has 0 aromatic carbocycles. The van der Waals surface area contributed by atoms with Crippen LogP contribution in [0.4, 0.5) is 0 Å². The van der Waals surface area contributed by atoms with Crippen LogP contribution >= 0.6 is 0 Å². The predicted octanol–water partition coefficient (Wildman–Crippen LogP) is 3.28. The van der Waals surface area contributed by atoms with Gasteiger partial charge in [-0.05, 0) is 52.1 Å². The molecule has 2 rings (SSSR count). The van der Waals surface area contributed by atoms with Gasteiger partial charge in [0, 0.05) is 11.9 Å². The van der Waals surface area contributed by atoms with Gasteiger partial charge in [-0.25, -0.2) is 0 Å². The minimum atomic E-state index is -0.249. The lowest BCUT2D eigenvalue weighted by Crippen LogP contribution is -2.41. The van der Waals surface area contributed by atoms with E-state index < -0.39 is 0 Å². The Morgan fingerprint density at radius 1 is 1.17 bits per heavy atom. The van der Waals surface area contributed by atoms with Crippen LogP contribution in [0.2, 0.25) is 6.32 Å². The Balaban J connectivity index is 2.00. The van der Waals surface area contributed by atoms with Crippen molar-refractivity contribution in [3.63, 3.8) is 0 Å². The summed E-state index contributed by atoms with van der Waals surface area (Å²) in [5.41, 5.74) is 0.593. The van der Waals surface area contributed by atoms with Crippen LogP contribution < -0.4 is 0 Å². The summed E-state index contributed by atoms with van der Waals surface area (Å²) in [6.07, 6.45) is 2.67. The van der Waals surface area contributed by atoms with Crippen molar-refractivity contribution in [2.24, 2.45) is 0 Å². The van der Waals surface area contributed by atoms with Gasteiger partial charge >= 0.3 is 7.12 Å². The Bertz CT molecular complexity index is 390. The lowest BCUT2D eigenvalue weighted by molar-refractivity contribution is 0.00578. The number of rotatable bonds is 3. The minimum Gasteiger partial charge on any atom is -0.403 e. The molecule has 4 heteroatoms. The van der Waals surface area contributed by atoms with E-state index in [1.165, 1.54) is 0 Å². The van der Waals surface area contributed by atoms with E-state index in [9.17, 15) is 0 Å². The number of aromatic nitrogens is 1. The van der Waals surface area contributed by atoms with Crippen LogP contribution in [-0.2, 0) is 9.31 Å². The molecule has 1 aliphatic heterocycles. The molecule has 1 fully saturated rings. The van der Waals surface area contributed by atoms with Gasteiger partial charge in [-0.1, -0.05) is 13.0 Å². The van der Waals surface area contributed by atoms with Crippen molar-refractivity contribution < 1.29 is 9.31 Å². The van der Waals surface area contributed by atoms with Crippen molar-refractivity contribution in [1.29, 1.82) is 0 Å². The molecule has 1 unspecified atom stereocenters. The maximum absolute atomic E-state index is 6.01. The molecule has 0 aliphatic carbocycles. The standard InChI is InChI=1S/C14H22BNO2/c1-11(12-8-6-7-9-16-12)10-15-17-13(2,3)14(4,5)18-15/h6-9,11H,10H2,1-5H3. The molecular weight excluding hydrogens is 225 g/mol. The van der Waals surface area contributed by atoms with Crippen LogP contribution in [0.3, 0.4) is 0 Å². The fraction of sp³-hybridized carbons (Fsp3) is 0.643. The molecule has 0 spiro atoms. The summed E-state index contributed by atoms with van der Waals surface area (Å²) in [6.45, 7) is 10.5. The first-order chi connectivity index (χ1) is 8.32. The third-order valence-electron chi connectivity index (χ3n) is 4.04. The highest BCUT2D eigenvalue weighted by atomic mass is 16.7. The van der Waals surface area contributed by atoms with Crippen LogP contribution in [0.15, 0.2) is 24.4 Å². The van der Waals surface area contributed by atoms with Gasteiger partial charge in [0.2, 0.25) is 0 Å². The summed E-state index contributed by atoms with van der Waals surface area (Å²) in [5, 5.41) is 0. The largest absolute Gasteiger partial charge is 0.458 e. The molecule has 0 saturated carbocycles. The van der Waals surface area contributed by atoms with Crippen molar-refractivity contribution in [3.05, 3.63) is 30.1 Å². The Morgan fingerprint density at radius 3 is 2.28 bits per heavy atom. The molecule has 1 aromatic rings. The summed E-state index contributed by atoms with van der Waals surface area (Å²) in [6, 6.07) is 6.00. The SMILES string of the molecule is CC(CB1OC(C)(C)C(C)(C)O1)c1ccccn1. The third kappa shape index (κ3) is 2.60. The highest BCUT2D eigenvalue weighted by molar-refractivity contribution is 6.45. The smallest absolute Gasteiger partial charge is 0.403 e. The van der Waals surface area contributed by atoms with Gasteiger partial charge in [-0.3, -0.25) is 4.98 Å². The number of hydrogen-bond donors (Lipinski definition) is 0. The Kier molecular flexibility index (Phi) is 3.52. The Morgan fingerprint density at radius 2 is 1.78 bits per heavy atom. The average Bonchev–Trinajstić information content (AvgIpc) is 2.48. The second-order valence-electron chi connectivity index (χ2n) is 6.08. The molecule has 0 radical (unpaired) electrons. The average molecular weight is 247 g/mol. The van der Waals surface area contributed by atoms with Gasteiger partial charge in [-0.2, -0.15) is 0 Å². The molecule has 98 valence electrons. The van der Waals surface area contributed by atoms with Gasteiger partial charge < -0.3 is 9.31 Å². The van der Waals surface area contributed by atoms with Crippen molar-refractivity contribution >= 4 is 7.12 Å². The van der Waals surface area contributed by atoms with E-state index in [0.29, 0.717) is 5.92 Å². The second kappa shape index (κ2) is 4.67. The molecule has 0 amide bonds.